The number of nitrogens with one attached hydrogen (secondary N) is 2. The standard InChI is InChI=1S/C14H18N2O2S/c1-10-4-2-5-11(8-10)13(17)16-14(19)15-9-12-6-3-7-18-12/h2,4-5,8,12H,3,6-7,9H2,1H3,(H2,15,16,17,19). The molecular formula is C14H18N2O2S. The fraction of sp³-hybridized carbons (Fsp3) is 0.429. The lowest BCUT2D eigenvalue weighted by Gasteiger charge is -2.13. The van der Waals surface area contributed by atoms with Crippen molar-refractivity contribution in [3.63, 3.8) is 0 Å². The van der Waals surface area contributed by atoms with Crippen LogP contribution in [-0.2, 0) is 4.74 Å². The van der Waals surface area contributed by atoms with Gasteiger partial charge in [0.25, 0.3) is 5.91 Å². The van der Waals surface area contributed by atoms with Gasteiger partial charge in [-0.2, -0.15) is 0 Å². The number of thiocarbonyl (C=S) groups is 1. The Bertz CT molecular complexity index is 470. The van der Waals surface area contributed by atoms with Crippen LogP contribution in [0.3, 0.4) is 0 Å². The number of hydrogen-bond acceptors (Lipinski definition) is 3. The van der Waals surface area contributed by atoms with Gasteiger partial charge < -0.3 is 10.1 Å². The summed E-state index contributed by atoms with van der Waals surface area (Å²) in [6.45, 7) is 3.41. The van der Waals surface area contributed by atoms with Crippen LogP contribution < -0.4 is 10.6 Å². The second-order valence-corrected chi connectivity index (χ2v) is 5.08. The van der Waals surface area contributed by atoms with E-state index >= 15 is 0 Å². The molecular weight excluding hydrogens is 260 g/mol. The van der Waals surface area contributed by atoms with E-state index in [-0.39, 0.29) is 12.0 Å². The molecule has 0 saturated carbocycles. The number of amides is 1. The molecule has 1 atom stereocenters. The van der Waals surface area contributed by atoms with Gasteiger partial charge in [-0.05, 0) is 44.1 Å². The van der Waals surface area contributed by atoms with Crippen LogP contribution in [0.1, 0.15) is 28.8 Å². The zero-order valence-electron chi connectivity index (χ0n) is 10.9. The second kappa shape index (κ2) is 6.63. The zero-order valence-corrected chi connectivity index (χ0v) is 11.8. The van der Waals surface area contributed by atoms with E-state index in [1.165, 1.54) is 0 Å². The summed E-state index contributed by atoms with van der Waals surface area (Å²) < 4.78 is 5.47. The fourth-order valence-corrected chi connectivity index (χ4v) is 2.19. The average molecular weight is 278 g/mol. The van der Waals surface area contributed by atoms with Gasteiger partial charge in [0.05, 0.1) is 6.10 Å². The van der Waals surface area contributed by atoms with Crippen molar-refractivity contribution in [1.82, 2.24) is 10.6 Å². The molecule has 0 radical (unpaired) electrons. The van der Waals surface area contributed by atoms with Gasteiger partial charge in [0.1, 0.15) is 0 Å². The van der Waals surface area contributed by atoms with Crippen molar-refractivity contribution in [2.75, 3.05) is 13.2 Å². The summed E-state index contributed by atoms with van der Waals surface area (Å²) in [5.74, 6) is -0.187. The predicted molar refractivity (Wildman–Crippen MR) is 78.2 cm³/mol. The van der Waals surface area contributed by atoms with Crippen molar-refractivity contribution in [2.24, 2.45) is 0 Å². The molecule has 1 aliphatic rings. The van der Waals surface area contributed by atoms with E-state index in [1.807, 2.05) is 25.1 Å². The van der Waals surface area contributed by atoms with Gasteiger partial charge in [-0.25, -0.2) is 0 Å². The van der Waals surface area contributed by atoms with Crippen molar-refractivity contribution in [2.45, 2.75) is 25.9 Å². The van der Waals surface area contributed by atoms with Crippen LogP contribution in [-0.4, -0.2) is 30.3 Å². The van der Waals surface area contributed by atoms with Gasteiger partial charge >= 0.3 is 0 Å². The summed E-state index contributed by atoms with van der Waals surface area (Å²) in [6.07, 6.45) is 2.34. The molecule has 5 heteroatoms. The maximum atomic E-state index is 11.9. The summed E-state index contributed by atoms with van der Waals surface area (Å²) >= 11 is 5.10. The molecule has 0 aromatic heterocycles. The van der Waals surface area contributed by atoms with E-state index in [1.54, 1.807) is 6.07 Å². The highest BCUT2D eigenvalue weighted by Gasteiger charge is 2.16. The molecule has 1 fully saturated rings. The molecule has 0 spiro atoms. The van der Waals surface area contributed by atoms with E-state index < -0.39 is 0 Å². The summed E-state index contributed by atoms with van der Waals surface area (Å²) in [5, 5.41) is 6.04. The number of benzene rings is 1. The third-order valence-corrected chi connectivity index (χ3v) is 3.27. The maximum Gasteiger partial charge on any atom is 0.257 e. The van der Waals surface area contributed by atoms with Crippen molar-refractivity contribution in [3.05, 3.63) is 35.4 Å². The van der Waals surface area contributed by atoms with Crippen LogP contribution in [0.15, 0.2) is 24.3 Å². The van der Waals surface area contributed by atoms with Crippen LogP contribution in [0, 0.1) is 6.92 Å². The Morgan fingerprint density at radius 1 is 1.53 bits per heavy atom. The normalized spacial score (nSPS) is 18.1. The molecule has 4 nitrogen and oxygen atoms in total. The Labute approximate surface area is 118 Å². The largest absolute Gasteiger partial charge is 0.376 e. The molecule has 1 aromatic carbocycles. The first-order valence-electron chi connectivity index (χ1n) is 6.42. The van der Waals surface area contributed by atoms with E-state index in [9.17, 15) is 4.79 Å². The van der Waals surface area contributed by atoms with Crippen LogP contribution in [0.25, 0.3) is 0 Å². The fourth-order valence-electron chi connectivity index (χ4n) is 2.02. The summed E-state index contributed by atoms with van der Waals surface area (Å²) in [4.78, 5) is 11.9. The molecule has 1 saturated heterocycles. The highest BCUT2D eigenvalue weighted by molar-refractivity contribution is 7.80. The summed E-state index contributed by atoms with van der Waals surface area (Å²) in [6, 6.07) is 7.40. The molecule has 0 bridgehead atoms. The van der Waals surface area contributed by atoms with Gasteiger partial charge in [0, 0.05) is 18.7 Å². The number of carbonyl (C=O) groups excluding carboxylic acids is 1. The Kier molecular flexibility index (Phi) is 4.87. The molecule has 1 aliphatic heterocycles. The Morgan fingerprint density at radius 3 is 3.05 bits per heavy atom. The quantitative estimate of drug-likeness (QED) is 0.828. The first-order valence-corrected chi connectivity index (χ1v) is 6.83. The smallest absolute Gasteiger partial charge is 0.257 e. The average Bonchev–Trinajstić information content (AvgIpc) is 2.89. The lowest BCUT2D eigenvalue weighted by molar-refractivity contribution is 0.0973. The molecule has 0 aliphatic carbocycles. The van der Waals surface area contributed by atoms with Crippen molar-refractivity contribution in [1.29, 1.82) is 0 Å². The maximum absolute atomic E-state index is 11.9. The van der Waals surface area contributed by atoms with Crippen LogP contribution in [0.2, 0.25) is 0 Å². The highest BCUT2D eigenvalue weighted by Crippen LogP contribution is 2.10. The third-order valence-electron chi connectivity index (χ3n) is 3.02. The Morgan fingerprint density at radius 2 is 2.37 bits per heavy atom. The van der Waals surface area contributed by atoms with Crippen molar-refractivity contribution >= 4 is 23.2 Å². The number of ether oxygens (including phenoxy) is 1. The highest BCUT2D eigenvalue weighted by atomic mass is 32.1. The Balaban J connectivity index is 1.79. The molecule has 1 unspecified atom stereocenters. The van der Waals surface area contributed by atoms with Gasteiger partial charge in [-0.3, -0.25) is 10.1 Å². The second-order valence-electron chi connectivity index (χ2n) is 4.67. The van der Waals surface area contributed by atoms with Gasteiger partial charge in [0.2, 0.25) is 0 Å². The first kappa shape index (κ1) is 14.0. The number of rotatable bonds is 3. The van der Waals surface area contributed by atoms with E-state index in [0.717, 1.165) is 25.0 Å². The van der Waals surface area contributed by atoms with Gasteiger partial charge in [-0.15, -0.1) is 0 Å². The van der Waals surface area contributed by atoms with Crippen molar-refractivity contribution < 1.29 is 9.53 Å². The van der Waals surface area contributed by atoms with Gasteiger partial charge in [0.15, 0.2) is 5.11 Å². The lowest BCUT2D eigenvalue weighted by Crippen LogP contribution is -2.42. The zero-order chi connectivity index (χ0) is 13.7. The van der Waals surface area contributed by atoms with Crippen LogP contribution >= 0.6 is 12.2 Å². The predicted octanol–water partition coefficient (Wildman–Crippen LogP) is 1.78. The minimum Gasteiger partial charge on any atom is -0.376 e. The summed E-state index contributed by atoms with van der Waals surface area (Å²) in [7, 11) is 0. The third kappa shape index (κ3) is 4.29. The number of carbonyl (C=O) groups is 1. The number of aryl methyl sites for hydroxylation is 1. The first-order chi connectivity index (χ1) is 9.15. The molecule has 19 heavy (non-hydrogen) atoms. The minimum atomic E-state index is -0.187. The molecule has 1 amide bonds. The van der Waals surface area contributed by atoms with E-state index in [0.29, 0.717) is 17.2 Å². The molecule has 1 heterocycles. The van der Waals surface area contributed by atoms with Gasteiger partial charge in [-0.1, -0.05) is 17.7 Å². The number of hydrogen-bond donors (Lipinski definition) is 2. The van der Waals surface area contributed by atoms with Crippen LogP contribution in [0.5, 0.6) is 0 Å². The Hall–Kier alpha value is -1.46. The van der Waals surface area contributed by atoms with Crippen LogP contribution in [0.4, 0.5) is 0 Å². The monoisotopic (exact) mass is 278 g/mol. The lowest BCUT2D eigenvalue weighted by atomic mass is 10.1. The van der Waals surface area contributed by atoms with E-state index in [2.05, 4.69) is 10.6 Å². The summed E-state index contributed by atoms with van der Waals surface area (Å²) in [5.41, 5.74) is 1.66. The molecule has 1 aromatic rings. The molecule has 102 valence electrons. The molecule has 2 N–H and O–H groups in total. The topological polar surface area (TPSA) is 50.4 Å². The van der Waals surface area contributed by atoms with E-state index in [4.69, 9.17) is 17.0 Å². The molecule has 2 rings (SSSR count). The minimum absolute atomic E-state index is 0.187. The van der Waals surface area contributed by atoms with Crippen molar-refractivity contribution in [3.8, 4) is 0 Å². The SMILES string of the molecule is Cc1cccc(C(=O)NC(=S)NCC2CCCO2)c1.